The smallest absolute Gasteiger partial charge is 0.214 e. The topological polar surface area (TPSA) is 129 Å². The molecule has 2 saturated heterocycles. The fraction of sp³-hybridized carbons (Fsp3) is 0.611. The third-order valence-corrected chi connectivity index (χ3v) is 10.6. The van der Waals surface area contributed by atoms with Gasteiger partial charge in [0.2, 0.25) is 23.1 Å². The van der Waals surface area contributed by atoms with E-state index in [2.05, 4.69) is 65.4 Å². The summed E-state index contributed by atoms with van der Waals surface area (Å²) in [6, 6.07) is 0. The zero-order chi connectivity index (χ0) is 35.1. The van der Waals surface area contributed by atoms with Gasteiger partial charge in [-0.1, -0.05) is 0 Å². The van der Waals surface area contributed by atoms with Crippen LogP contribution in [0.1, 0.15) is 148 Å². The highest BCUT2D eigenvalue weighted by Gasteiger charge is 2.45. The minimum absolute atomic E-state index is 0.0559. The summed E-state index contributed by atoms with van der Waals surface area (Å²) in [6.07, 6.45) is 8.33. The van der Waals surface area contributed by atoms with Crippen LogP contribution in [0, 0.1) is 0 Å². The summed E-state index contributed by atoms with van der Waals surface area (Å²) >= 11 is 0. The van der Waals surface area contributed by atoms with Crippen molar-refractivity contribution in [1.82, 2.24) is 29.2 Å². The van der Waals surface area contributed by atoms with E-state index < -0.39 is 23.1 Å². The number of ketones is 4. The van der Waals surface area contributed by atoms with Gasteiger partial charge in [-0.05, 0) is 106 Å². The molecule has 2 aromatic heterocycles. The molecule has 0 N–H and O–H groups in total. The van der Waals surface area contributed by atoms with Crippen molar-refractivity contribution in [2.24, 2.45) is 14.1 Å². The molecule has 2 fully saturated rings. The van der Waals surface area contributed by atoms with Gasteiger partial charge in [0.15, 0.2) is 0 Å². The van der Waals surface area contributed by atoms with Crippen LogP contribution < -0.4 is 0 Å². The number of piperidine rings is 2. The lowest BCUT2D eigenvalue weighted by atomic mass is 9.82. The molecular weight excluding hydrogens is 612 g/mol. The first-order valence-corrected chi connectivity index (χ1v) is 16.9. The summed E-state index contributed by atoms with van der Waals surface area (Å²) in [5, 5.41) is 4.00. The van der Waals surface area contributed by atoms with Crippen LogP contribution in [-0.2, 0) is 37.0 Å². The number of carbonyl (C=O) groups excluding carboxylic acids is 4. The van der Waals surface area contributed by atoms with Crippen LogP contribution >= 0.6 is 0 Å². The van der Waals surface area contributed by atoms with Crippen molar-refractivity contribution in [2.75, 3.05) is 0 Å². The number of allylic oxidation sites excluding steroid dienone is 4. The van der Waals surface area contributed by atoms with Crippen LogP contribution in [0.15, 0.2) is 23.3 Å². The molecule has 0 spiro atoms. The first-order valence-electron chi connectivity index (χ1n) is 16.9. The van der Waals surface area contributed by atoms with E-state index in [0.29, 0.717) is 11.6 Å². The molecule has 12 heteroatoms. The van der Waals surface area contributed by atoms with Crippen molar-refractivity contribution < 1.29 is 28.9 Å². The summed E-state index contributed by atoms with van der Waals surface area (Å²) in [5.41, 5.74) is -1.04. The Morgan fingerprint density at radius 3 is 1.21 bits per heavy atom. The van der Waals surface area contributed by atoms with Gasteiger partial charge in [-0.2, -0.15) is 10.1 Å². The molecule has 6 rings (SSSR count). The number of Topliss-reactive ketones (excluding diaryl/α,β-unsaturated/α-hetero) is 2. The van der Waals surface area contributed by atoms with Gasteiger partial charge in [-0.25, -0.2) is 9.97 Å². The fourth-order valence-corrected chi connectivity index (χ4v) is 8.31. The molecule has 0 bridgehead atoms. The molecule has 0 unspecified atom stereocenters. The second-order valence-corrected chi connectivity index (χ2v) is 16.2. The zero-order valence-corrected chi connectivity index (χ0v) is 29.9. The summed E-state index contributed by atoms with van der Waals surface area (Å²) in [7, 11) is 3.34. The number of carbonyl (C=O) groups is 4. The van der Waals surface area contributed by atoms with Crippen LogP contribution in [0.25, 0.3) is 0 Å². The predicted molar refractivity (Wildman–Crippen MR) is 177 cm³/mol. The maximum atomic E-state index is 13.9. The highest BCUT2D eigenvalue weighted by atomic mass is 16.7. The minimum atomic E-state index is -0.602. The van der Waals surface area contributed by atoms with Crippen molar-refractivity contribution in [1.29, 1.82) is 0 Å². The molecule has 0 atom stereocenters. The fourth-order valence-electron chi connectivity index (χ4n) is 8.31. The van der Waals surface area contributed by atoms with Crippen molar-refractivity contribution >= 4 is 23.1 Å². The van der Waals surface area contributed by atoms with Crippen molar-refractivity contribution in [3.8, 4) is 0 Å². The SMILES string of the molecule is Cn1c(CON2C(C)(C)CCCC2(C)C)nc2c1C(=O)C=C(C1=CC(=O)c3c(nc(CON4C(C)(C)CCCC4(C)C)n3C)C1=O)C2=O. The van der Waals surface area contributed by atoms with Gasteiger partial charge in [0.1, 0.15) is 47.6 Å². The van der Waals surface area contributed by atoms with Gasteiger partial charge in [-0.3, -0.25) is 28.9 Å². The first kappa shape index (κ1) is 34.3. The van der Waals surface area contributed by atoms with E-state index in [1.54, 1.807) is 23.2 Å². The largest absolute Gasteiger partial charge is 0.326 e. The Balaban J connectivity index is 1.23. The van der Waals surface area contributed by atoms with Gasteiger partial charge in [0, 0.05) is 47.4 Å². The Bertz CT molecular complexity index is 1640. The van der Waals surface area contributed by atoms with E-state index in [4.69, 9.17) is 9.68 Å². The van der Waals surface area contributed by atoms with Crippen LogP contribution in [0.4, 0.5) is 0 Å². The molecule has 2 aromatic rings. The quantitative estimate of drug-likeness (QED) is 0.380. The molecule has 48 heavy (non-hydrogen) atoms. The van der Waals surface area contributed by atoms with Crippen molar-refractivity contribution in [2.45, 2.75) is 129 Å². The lowest BCUT2D eigenvalue weighted by Crippen LogP contribution is -2.58. The third kappa shape index (κ3) is 5.56. The second-order valence-electron chi connectivity index (χ2n) is 16.2. The number of rotatable bonds is 7. The van der Waals surface area contributed by atoms with Crippen LogP contribution in [0.3, 0.4) is 0 Å². The van der Waals surface area contributed by atoms with Gasteiger partial charge >= 0.3 is 0 Å². The third-order valence-electron chi connectivity index (χ3n) is 10.6. The molecule has 0 aromatic carbocycles. The standard InChI is InChI=1S/C36H48N6O6/c1-33(2)13-11-14-34(3,4)41(33)47-19-25-37-27-29(39(25)9)23(43)17-21(31(27)45)22-18-24(44)30-28(32(22)46)38-26(40(30)10)20-48-42-35(5,6)15-12-16-36(42,7)8/h17-18H,11-16,19-20H2,1-10H3. The molecule has 0 amide bonds. The summed E-state index contributed by atoms with van der Waals surface area (Å²) in [6.45, 7) is 17.2. The average Bonchev–Trinajstić information content (AvgIpc) is 3.48. The number of nitrogens with zero attached hydrogens (tertiary/aromatic N) is 6. The predicted octanol–water partition coefficient (Wildman–Crippen LogP) is 5.41. The van der Waals surface area contributed by atoms with Gasteiger partial charge in [0.05, 0.1) is 0 Å². The molecule has 2 aliphatic heterocycles. The van der Waals surface area contributed by atoms with Gasteiger partial charge in [0.25, 0.3) is 0 Å². The molecular formula is C36H48N6O6. The number of fused-ring (bicyclic) bond motifs is 2. The van der Waals surface area contributed by atoms with Crippen LogP contribution in [-0.4, -0.2) is 74.5 Å². The van der Waals surface area contributed by atoms with E-state index in [-0.39, 0.29) is 69.3 Å². The van der Waals surface area contributed by atoms with E-state index >= 15 is 0 Å². The normalized spacial score (nSPS) is 23.5. The Morgan fingerprint density at radius 2 is 0.896 bits per heavy atom. The van der Waals surface area contributed by atoms with Crippen molar-refractivity contribution in [3.05, 3.63) is 57.7 Å². The highest BCUT2D eigenvalue weighted by Crippen LogP contribution is 2.40. The van der Waals surface area contributed by atoms with E-state index in [9.17, 15) is 19.2 Å². The molecule has 0 radical (unpaired) electrons. The Kier molecular flexibility index (Phi) is 8.22. The van der Waals surface area contributed by atoms with Gasteiger partial charge < -0.3 is 9.13 Å². The number of hydrogen-bond donors (Lipinski definition) is 0. The van der Waals surface area contributed by atoms with Crippen LogP contribution in [0.2, 0.25) is 0 Å². The minimum Gasteiger partial charge on any atom is -0.326 e. The molecule has 4 heterocycles. The Morgan fingerprint density at radius 1 is 0.583 bits per heavy atom. The van der Waals surface area contributed by atoms with Crippen LogP contribution in [0.5, 0.6) is 0 Å². The first-order chi connectivity index (χ1) is 22.3. The van der Waals surface area contributed by atoms with E-state index in [1.807, 2.05) is 10.1 Å². The molecule has 4 aliphatic rings. The summed E-state index contributed by atoms with van der Waals surface area (Å²) in [4.78, 5) is 76.4. The van der Waals surface area contributed by atoms with Gasteiger partial charge in [-0.15, -0.1) is 0 Å². The molecule has 258 valence electrons. The summed E-state index contributed by atoms with van der Waals surface area (Å²) < 4.78 is 3.14. The van der Waals surface area contributed by atoms with E-state index in [1.165, 1.54) is 0 Å². The van der Waals surface area contributed by atoms with E-state index in [0.717, 1.165) is 50.7 Å². The monoisotopic (exact) mass is 660 g/mol. The summed E-state index contributed by atoms with van der Waals surface area (Å²) in [5.74, 6) is -1.35. The number of hydrogen-bond acceptors (Lipinski definition) is 10. The maximum absolute atomic E-state index is 13.9. The molecule has 0 saturated carbocycles. The Labute approximate surface area is 282 Å². The lowest BCUT2D eigenvalue weighted by molar-refractivity contribution is -0.289. The highest BCUT2D eigenvalue weighted by molar-refractivity contribution is 6.33. The average molecular weight is 661 g/mol. The Hall–Kier alpha value is -3.58. The maximum Gasteiger partial charge on any atom is 0.214 e. The second kappa shape index (κ2) is 11.5. The molecule has 12 nitrogen and oxygen atoms in total. The molecule has 2 aliphatic carbocycles. The van der Waals surface area contributed by atoms with Crippen molar-refractivity contribution in [3.63, 3.8) is 0 Å². The lowest BCUT2D eigenvalue weighted by Gasteiger charge is -2.51. The number of hydroxylamine groups is 4. The zero-order valence-electron chi connectivity index (χ0n) is 29.9. The number of aromatic nitrogens is 4. The number of imidazole rings is 2.